The largest absolute Gasteiger partial charge is 0.340 e. The molecule has 0 unspecified atom stereocenters. The van der Waals surface area contributed by atoms with Crippen molar-refractivity contribution in [3.63, 3.8) is 0 Å². The third-order valence-corrected chi connectivity index (χ3v) is 4.64. The maximum Gasteiger partial charge on any atom is 0.257 e. The molecule has 2 aromatic heterocycles. The summed E-state index contributed by atoms with van der Waals surface area (Å²) in [5.41, 5.74) is 5.26. The van der Waals surface area contributed by atoms with Gasteiger partial charge in [0.15, 0.2) is 0 Å². The van der Waals surface area contributed by atoms with E-state index in [1.54, 1.807) is 18.5 Å². The lowest BCUT2D eigenvalue weighted by Gasteiger charge is -2.12. The topological polar surface area (TPSA) is 66.9 Å². The number of amides is 1. The van der Waals surface area contributed by atoms with E-state index in [1.807, 2.05) is 42.5 Å². The molecule has 0 radical (unpaired) electrons. The van der Waals surface area contributed by atoms with Crippen molar-refractivity contribution in [2.45, 2.75) is 13.8 Å². The average molecular weight is 368 g/mol. The number of anilines is 3. The van der Waals surface area contributed by atoms with Crippen molar-refractivity contribution in [1.82, 2.24) is 9.97 Å². The number of nitrogens with zero attached hydrogens (tertiary/aromatic N) is 2. The van der Waals surface area contributed by atoms with Crippen LogP contribution in [0.3, 0.4) is 0 Å². The van der Waals surface area contributed by atoms with E-state index >= 15 is 0 Å². The molecular formula is C23H20N4O. The summed E-state index contributed by atoms with van der Waals surface area (Å²) >= 11 is 0. The molecule has 5 heteroatoms. The molecule has 0 saturated carbocycles. The van der Waals surface area contributed by atoms with Crippen molar-refractivity contribution < 1.29 is 4.79 Å². The molecule has 4 rings (SSSR count). The number of carbonyl (C=O) groups is 1. The third-order valence-electron chi connectivity index (χ3n) is 4.64. The summed E-state index contributed by atoms with van der Waals surface area (Å²) in [6.45, 7) is 4.10. The van der Waals surface area contributed by atoms with Crippen molar-refractivity contribution in [2.24, 2.45) is 0 Å². The van der Waals surface area contributed by atoms with Crippen LogP contribution < -0.4 is 10.6 Å². The lowest BCUT2D eigenvalue weighted by molar-refractivity contribution is 0.102. The van der Waals surface area contributed by atoms with Crippen molar-refractivity contribution in [3.8, 4) is 0 Å². The Hall–Kier alpha value is -3.73. The van der Waals surface area contributed by atoms with Crippen molar-refractivity contribution in [3.05, 3.63) is 89.7 Å². The standard InChI is InChI=1S/C23H20N4O/c1-15-6-3-7-16(2)21(15)27-20-12-11-18(14-25-20)23(28)26-19-10-4-8-17-9-5-13-24-22(17)19/h3-14H,1-2H3,(H,25,27)(H,26,28). The summed E-state index contributed by atoms with van der Waals surface area (Å²) in [7, 11) is 0. The van der Waals surface area contributed by atoms with Crippen LogP contribution in [0.15, 0.2) is 73.1 Å². The summed E-state index contributed by atoms with van der Waals surface area (Å²) in [6.07, 6.45) is 3.29. The molecule has 0 aliphatic heterocycles. The molecule has 2 heterocycles. The van der Waals surface area contributed by atoms with E-state index in [2.05, 4.69) is 46.6 Å². The van der Waals surface area contributed by atoms with Gasteiger partial charge in [-0.2, -0.15) is 0 Å². The molecule has 2 aromatic carbocycles. The number of hydrogen-bond donors (Lipinski definition) is 2. The number of para-hydroxylation sites is 2. The van der Waals surface area contributed by atoms with Crippen molar-refractivity contribution in [1.29, 1.82) is 0 Å². The summed E-state index contributed by atoms with van der Waals surface area (Å²) in [5.74, 6) is 0.477. The number of fused-ring (bicyclic) bond motifs is 1. The van der Waals surface area contributed by atoms with Gasteiger partial charge in [0.25, 0.3) is 5.91 Å². The quantitative estimate of drug-likeness (QED) is 0.517. The average Bonchev–Trinajstić information content (AvgIpc) is 2.71. The smallest absolute Gasteiger partial charge is 0.257 e. The molecule has 0 aliphatic rings. The van der Waals surface area contributed by atoms with E-state index in [0.717, 1.165) is 27.7 Å². The highest BCUT2D eigenvalue weighted by atomic mass is 16.1. The van der Waals surface area contributed by atoms with Crippen LogP contribution in [0.1, 0.15) is 21.5 Å². The first-order valence-electron chi connectivity index (χ1n) is 9.06. The van der Waals surface area contributed by atoms with Gasteiger partial charge in [-0.3, -0.25) is 9.78 Å². The van der Waals surface area contributed by atoms with Crippen LogP contribution >= 0.6 is 0 Å². The molecule has 0 saturated heterocycles. The number of nitrogens with one attached hydrogen (secondary N) is 2. The van der Waals surface area contributed by atoms with Crippen LogP contribution in [0, 0.1) is 13.8 Å². The summed E-state index contributed by atoms with van der Waals surface area (Å²) < 4.78 is 0. The SMILES string of the molecule is Cc1cccc(C)c1Nc1ccc(C(=O)Nc2cccc3cccnc23)cn1. The van der Waals surface area contributed by atoms with E-state index in [9.17, 15) is 4.79 Å². The van der Waals surface area contributed by atoms with E-state index < -0.39 is 0 Å². The number of hydrogen-bond acceptors (Lipinski definition) is 4. The number of rotatable bonds is 4. The first-order valence-corrected chi connectivity index (χ1v) is 9.06. The Bertz CT molecular complexity index is 1130. The predicted molar refractivity (Wildman–Crippen MR) is 113 cm³/mol. The van der Waals surface area contributed by atoms with Crippen molar-refractivity contribution >= 4 is 34.0 Å². The highest BCUT2D eigenvalue weighted by Gasteiger charge is 2.10. The van der Waals surface area contributed by atoms with Gasteiger partial charge in [-0.1, -0.05) is 36.4 Å². The first kappa shape index (κ1) is 17.7. The Morgan fingerprint density at radius 1 is 0.857 bits per heavy atom. The second kappa shape index (κ2) is 7.48. The van der Waals surface area contributed by atoms with Gasteiger partial charge in [0.2, 0.25) is 0 Å². The highest BCUT2D eigenvalue weighted by Crippen LogP contribution is 2.24. The number of benzene rings is 2. The van der Waals surface area contributed by atoms with Crippen LogP contribution in [0.25, 0.3) is 10.9 Å². The van der Waals surface area contributed by atoms with Gasteiger partial charge in [-0.05, 0) is 49.2 Å². The molecule has 0 bridgehead atoms. The maximum absolute atomic E-state index is 12.6. The Morgan fingerprint density at radius 2 is 1.61 bits per heavy atom. The second-order valence-corrected chi connectivity index (χ2v) is 6.66. The molecule has 0 fully saturated rings. The zero-order valence-corrected chi connectivity index (χ0v) is 15.7. The molecule has 2 N–H and O–H groups in total. The Kier molecular flexibility index (Phi) is 4.72. The van der Waals surface area contributed by atoms with Gasteiger partial charge in [0.05, 0.1) is 16.8 Å². The number of carbonyl (C=O) groups excluding carboxylic acids is 1. The lowest BCUT2D eigenvalue weighted by atomic mass is 10.1. The minimum absolute atomic E-state index is 0.218. The van der Waals surface area contributed by atoms with Crippen LogP contribution in [0.5, 0.6) is 0 Å². The number of aromatic nitrogens is 2. The monoisotopic (exact) mass is 368 g/mol. The van der Waals surface area contributed by atoms with E-state index in [0.29, 0.717) is 17.1 Å². The summed E-state index contributed by atoms with van der Waals surface area (Å²) in [4.78, 5) is 21.4. The molecule has 4 aromatic rings. The third kappa shape index (κ3) is 3.55. The van der Waals surface area contributed by atoms with Crippen LogP contribution in [-0.4, -0.2) is 15.9 Å². The lowest BCUT2D eigenvalue weighted by Crippen LogP contribution is -2.13. The van der Waals surface area contributed by atoms with Crippen LogP contribution in [0.2, 0.25) is 0 Å². The zero-order chi connectivity index (χ0) is 19.5. The maximum atomic E-state index is 12.6. The fourth-order valence-corrected chi connectivity index (χ4v) is 3.14. The number of aryl methyl sites for hydroxylation is 2. The fourth-order valence-electron chi connectivity index (χ4n) is 3.14. The van der Waals surface area contributed by atoms with Gasteiger partial charge in [0.1, 0.15) is 5.82 Å². The molecule has 1 amide bonds. The normalized spacial score (nSPS) is 10.6. The molecule has 138 valence electrons. The minimum atomic E-state index is -0.218. The molecule has 0 spiro atoms. The van der Waals surface area contributed by atoms with E-state index in [1.165, 1.54) is 0 Å². The zero-order valence-electron chi connectivity index (χ0n) is 15.7. The Labute approximate surface area is 163 Å². The van der Waals surface area contributed by atoms with Crippen LogP contribution in [0.4, 0.5) is 17.2 Å². The number of pyridine rings is 2. The van der Waals surface area contributed by atoms with Gasteiger partial charge >= 0.3 is 0 Å². The minimum Gasteiger partial charge on any atom is -0.340 e. The van der Waals surface area contributed by atoms with Gasteiger partial charge in [-0.15, -0.1) is 0 Å². The first-order chi connectivity index (χ1) is 13.6. The summed E-state index contributed by atoms with van der Waals surface area (Å²) in [5, 5.41) is 7.23. The predicted octanol–water partition coefficient (Wildman–Crippen LogP) is 5.24. The highest BCUT2D eigenvalue weighted by molar-refractivity contribution is 6.08. The van der Waals surface area contributed by atoms with Gasteiger partial charge in [0, 0.05) is 23.5 Å². The molecule has 5 nitrogen and oxygen atoms in total. The van der Waals surface area contributed by atoms with Crippen molar-refractivity contribution in [2.75, 3.05) is 10.6 Å². The van der Waals surface area contributed by atoms with Gasteiger partial charge < -0.3 is 10.6 Å². The Morgan fingerprint density at radius 3 is 2.36 bits per heavy atom. The molecule has 0 aliphatic carbocycles. The van der Waals surface area contributed by atoms with E-state index in [-0.39, 0.29) is 5.91 Å². The molecule has 28 heavy (non-hydrogen) atoms. The van der Waals surface area contributed by atoms with Gasteiger partial charge in [-0.25, -0.2) is 4.98 Å². The summed E-state index contributed by atoms with van der Waals surface area (Å²) in [6, 6.07) is 19.2. The molecular weight excluding hydrogens is 348 g/mol. The Balaban J connectivity index is 1.53. The van der Waals surface area contributed by atoms with Crippen LogP contribution in [-0.2, 0) is 0 Å². The fraction of sp³-hybridized carbons (Fsp3) is 0.0870. The van der Waals surface area contributed by atoms with E-state index in [4.69, 9.17) is 0 Å². The molecule has 0 atom stereocenters. The second-order valence-electron chi connectivity index (χ2n) is 6.66.